The zero-order chi connectivity index (χ0) is 22.8. The minimum Gasteiger partial charge on any atom is -0.501 e. The van der Waals surface area contributed by atoms with E-state index in [1.807, 2.05) is 25.1 Å². The average Bonchev–Trinajstić information content (AvgIpc) is 3.61. The number of nitrogens with one attached hydrogen (secondary N) is 1. The number of benzene rings is 2. The lowest BCUT2D eigenvalue weighted by Gasteiger charge is -2.17. The van der Waals surface area contributed by atoms with Crippen LogP contribution in [0.4, 0.5) is 5.69 Å². The van der Waals surface area contributed by atoms with Crippen molar-refractivity contribution in [3.05, 3.63) is 80.7 Å². The maximum atomic E-state index is 12.2. The third-order valence-corrected chi connectivity index (χ3v) is 5.42. The summed E-state index contributed by atoms with van der Waals surface area (Å²) in [5.74, 6) is 0.565. The number of aryl methyl sites for hydroxylation is 1. The van der Waals surface area contributed by atoms with Gasteiger partial charge in [0.1, 0.15) is 5.75 Å². The fraction of sp³-hybridized carbons (Fsp3) is 0.250. The molecule has 1 aliphatic carbocycles. The number of fused-ring (bicyclic) bond motifs is 1. The van der Waals surface area contributed by atoms with Gasteiger partial charge >= 0.3 is 0 Å². The molecular weight excluding hydrogens is 404 g/mol. The van der Waals surface area contributed by atoms with Crippen molar-refractivity contribution in [3.63, 3.8) is 0 Å². The molecule has 162 valence electrons. The number of hydrogen-bond donors (Lipinski definition) is 3. The predicted molar refractivity (Wildman–Crippen MR) is 126 cm³/mol. The van der Waals surface area contributed by atoms with Crippen LogP contribution in [0.5, 0.6) is 5.75 Å². The van der Waals surface area contributed by atoms with E-state index >= 15 is 0 Å². The second kappa shape index (κ2) is 8.65. The fourth-order valence-corrected chi connectivity index (χ4v) is 3.74. The van der Waals surface area contributed by atoms with Gasteiger partial charge in [-0.3, -0.25) is 9.79 Å². The van der Waals surface area contributed by atoms with Gasteiger partial charge in [-0.25, -0.2) is 9.94 Å². The van der Waals surface area contributed by atoms with E-state index in [2.05, 4.69) is 20.0 Å². The van der Waals surface area contributed by atoms with Crippen molar-refractivity contribution in [3.8, 4) is 5.75 Å². The van der Waals surface area contributed by atoms with E-state index in [0.717, 1.165) is 24.0 Å². The molecule has 1 aromatic heterocycles. The lowest BCUT2D eigenvalue weighted by Crippen LogP contribution is -2.14. The maximum Gasteiger partial charge on any atom is 0.272 e. The van der Waals surface area contributed by atoms with Gasteiger partial charge in [0, 0.05) is 36.3 Å². The van der Waals surface area contributed by atoms with E-state index in [1.54, 1.807) is 19.2 Å². The Morgan fingerprint density at radius 3 is 2.75 bits per heavy atom. The van der Waals surface area contributed by atoms with Crippen molar-refractivity contribution in [1.82, 2.24) is 10.2 Å². The Morgan fingerprint density at radius 2 is 2.12 bits per heavy atom. The van der Waals surface area contributed by atoms with Crippen molar-refractivity contribution >= 4 is 27.7 Å². The number of ether oxygens (including phenoxy) is 1. The van der Waals surface area contributed by atoms with Crippen LogP contribution >= 0.6 is 0 Å². The first-order valence-electron chi connectivity index (χ1n) is 10.3. The van der Waals surface area contributed by atoms with Gasteiger partial charge in [-0.1, -0.05) is 12.1 Å². The highest BCUT2D eigenvalue weighted by molar-refractivity contribution is 6.34. The van der Waals surface area contributed by atoms with E-state index in [0.29, 0.717) is 44.8 Å². The number of allylic oxidation sites excluding steroid dienone is 1. The summed E-state index contributed by atoms with van der Waals surface area (Å²) in [6.45, 7) is 9.93. The van der Waals surface area contributed by atoms with Crippen molar-refractivity contribution in [1.29, 1.82) is 0 Å². The Kier molecular flexibility index (Phi) is 5.75. The molecule has 0 radical (unpaired) electrons. The molecule has 5 N–H and O–H groups in total. The summed E-state index contributed by atoms with van der Waals surface area (Å²) in [6, 6.07) is 9.15. The second-order valence-electron chi connectivity index (χ2n) is 7.70. The topological polar surface area (TPSA) is 124 Å². The molecule has 1 heterocycles. The molecule has 0 aliphatic heterocycles. The highest BCUT2D eigenvalue weighted by Gasteiger charge is 2.27. The van der Waals surface area contributed by atoms with Crippen molar-refractivity contribution in [2.24, 2.45) is 16.5 Å². The molecule has 1 saturated carbocycles. The average molecular weight is 428 g/mol. The molecule has 0 spiro atoms. The summed E-state index contributed by atoms with van der Waals surface area (Å²) in [7, 11) is 1.66. The Bertz CT molecular complexity index is 1360. The monoisotopic (exact) mass is 428 g/mol. The Morgan fingerprint density at radius 1 is 1.34 bits per heavy atom. The van der Waals surface area contributed by atoms with Crippen LogP contribution in [0.25, 0.3) is 21.2 Å². The van der Waals surface area contributed by atoms with E-state index in [-0.39, 0.29) is 18.2 Å². The van der Waals surface area contributed by atoms with E-state index in [1.165, 1.54) is 6.20 Å². The van der Waals surface area contributed by atoms with Crippen LogP contribution in [0.3, 0.4) is 0 Å². The molecule has 8 heteroatoms. The van der Waals surface area contributed by atoms with Gasteiger partial charge in [-0.05, 0) is 49.1 Å². The van der Waals surface area contributed by atoms with Crippen LogP contribution in [-0.4, -0.2) is 29.1 Å². The Balaban J connectivity index is 1.87. The lowest BCUT2D eigenvalue weighted by atomic mass is 9.92. The quantitative estimate of drug-likeness (QED) is 0.411. The largest absolute Gasteiger partial charge is 0.501 e. The van der Waals surface area contributed by atoms with Gasteiger partial charge in [0.05, 0.1) is 29.5 Å². The lowest BCUT2D eigenvalue weighted by molar-refractivity contribution is 0.305. The first kappa shape index (κ1) is 21.3. The smallest absolute Gasteiger partial charge is 0.272 e. The number of aliphatic imine (C=N–C) groups is 1. The van der Waals surface area contributed by atoms with Crippen LogP contribution in [0.15, 0.2) is 46.3 Å². The fourth-order valence-electron chi connectivity index (χ4n) is 3.74. The van der Waals surface area contributed by atoms with Crippen molar-refractivity contribution < 1.29 is 4.74 Å². The summed E-state index contributed by atoms with van der Waals surface area (Å²) in [5, 5.41) is 7.67. The molecule has 0 bridgehead atoms. The highest BCUT2D eigenvalue weighted by Crippen LogP contribution is 2.39. The minimum atomic E-state index is -0.290. The third-order valence-electron chi connectivity index (χ3n) is 5.42. The normalized spacial score (nSPS) is 14.4. The van der Waals surface area contributed by atoms with Crippen LogP contribution in [0, 0.1) is 13.5 Å². The highest BCUT2D eigenvalue weighted by atomic mass is 16.5. The molecule has 0 amide bonds. The SMILES string of the molecule is [C-]#[N+]c1c(OC2CC2)cc(C)cc1C(=NC)/C(=C\N)c1ccc2c(=O)[nH]nc(CN)c2c1. The molecule has 0 saturated heterocycles. The standard InChI is InChI=1S/C24H24N6O2/c1-13-8-18(23(28-3)21(9-13)32-15-5-6-15)22(27-2)19(11-25)14-4-7-16-17(10-14)20(12-26)29-30-24(16)31/h4,7-11,15H,5-6,12,25-26H2,1-2H3,(H,30,31)/b19-11-,27-22?. The summed E-state index contributed by atoms with van der Waals surface area (Å²) in [5.41, 5.74) is 16.1. The molecule has 2 aromatic carbocycles. The van der Waals surface area contributed by atoms with Gasteiger partial charge in [-0.15, -0.1) is 0 Å². The van der Waals surface area contributed by atoms with Gasteiger partial charge in [-0.2, -0.15) is 5.10 Å². The molecule has 1 aliphatic rings. The van der Waals surface area contributed by atoms with E-state index in [9.17, 15) is 4.79 Å². The van der Waals surface area contributed by atoms with Gasteiger partial charge in [0.2, 0.25) is 5.69 Å². The first-order chi connectivity index (χ1) is 15.5. The summed E-state index contributed by atoms with van der Waals surface area (Å²) < 4.78 is 6.00. The number of hydrogen-bond acceptors (Lipinski definition) is 6. The molecule has 0 atom stereocenters. The van der Waals surface area contributed by atoms with E-state index in [4.69, 9.17) is 22.8 Å². The maximum absolute atomic E-state index is 12.2. The van der Waals surface area contributed by atoms with Crippen LogP contribution in [0.1, 0.15) is 35.2 Å². The minimum absolute atomic E-state index is 0.164. The summed E-state index contributed by atoms with van der Waals surface area (Å²) >= 11 is 0. The van der Waals surface area contributed by atoms with Crippen molar-refractivity contribution in [2.45, 2.75) is 32.4 Å². The molecule has 8 nitrogen and oxygen atoms in total. The number of aromatic amines is 1. The zero-order valence-electron chi connectivity index (χ0n) is 18.0. The molecule has 32 heavy (non-hydrogen) atoms. The van der Waals surface area contributed by atoms with Gasteiger partial charge < -0.3 is 16.2 Å². The Hall–Kier alpha value is -3.96. The molecule has 3 aromatic rings. The number of rotatable bonds is 6. The van der Waals surface area contributed by atoms with E-state index < -0.39 is 0 Å². The summed E-state index contributed by atoms with van der Waals surface area (Å²) in [6.07, 6.45) is 3.62. The number of nitrogens with two attached hydrogens (primary N) is 2. The van der Waals surface area contributed by atoms with Gasteiger partial charge in [0.25, 0.3) is 5.56 Å². The zero-order valence-corrected chi connectivity index (χ0v) is 18.0. The van der Waals surface area contributed by atoms with Gasteiger partial charge in [0.15, 0.2) is 0 Å². The van der Waals surface area contributed by atoms with Crippen LogP contribution < -0.4 is 21.8 Å². The first-order valence-corrected chi connectivity index (χ1v) is 10.3. The summed E-state index contributed by atoms with van der Waals surface area (Å²) in [4.78, 5) is 20.4. The number of nitrogens with zero attached hydrogens (tertiary/aromatic N) is 3. The predicted octanol–water partition coefficient (Wildman–Crippen LogP) is 3.20. The molecular formula is C24H24N6O2. The second-order valence-corrected chi connectivity index (χ2v) is 7.70. The number of aromatic nitrogens is 2. The number of H-pyrrole nitrogens is 1. The molecule has 1 fully saturated rings. The molecule has 0 unspecified atom stereocenters. The van der Waals surface area contributed by atoms with Crippen LogP contribution in [-0.2, 0) is 6.54 Å². The van der Waals surface area contributed by atoms with Crippen molar-refractivity contribution in [2.75, 3.05) is 7.05 Å². The Labute approximate surface area is 185 Å². The van der Waals surface area contributed by atoms with Crippen LogP contribution in [0.2, 0.25) is 0 Å². The molecule has 4 rings (SSSR count). The third kappa shape index (κ3) is 3.86.